The van der Waals surface area contributed by atoms with Crippen LogP contribution in [0.4, 0.5) is 13.2 Å². The number of rotatable bonds is 4. The van der Waals surface area contributed by atoms with Gasteiger partial charge in [0.1, 0.15) is 5.92 Å². The molecule has 1 saturated heterocycles. The van der Waals surface area contributed by atoms with Crippen LogP contribution < -0.4 is 11.1 Å². The lowest BCUT2D eigenvalue weighted by Gasteiger charge is -2.36. The molecule has 0 aromatic rings. The fourth-order valence-electron chi connectivity index (χ4n) is 2.01. The normalized spacial score (nSPS) is 23.6. The minimum atomic E-state index is -4.47. The minimum absolute atomic E-state index is 0.243. The van der Waals surface area contributed by atoms with Crippen LogP contribution in [0.5, 0.6) is 0 Å². The third-order valence-electron chi connectivity index (χ3n) is 2.98. The van der Waals surface area contributed by atoms with Crippen molar-refractivity contribution < 1.29 is 18.0 Å². The zero-order valence-electron chi connectivity index (χ0n) is 9.96. The van der Waals surface area contributed by atoms with Crippen LogP contribution in [0.2, 0.25) is 0 Å². The zero-order valence-corrected chi connectivity index (χ0v) is 10.8. The van der Waals surface area contributed by atoms with E-state index in [2.05, 4.69) is 17.5 Å². The van der Waals surface area contributed by atoms with Crippen LogP contribution in [0.1, 0.15) is 13.3 Å². The number of hydrogen-bond donors (Lipinski definition) is 2. The first-order valence-electron chi connectivity index (χ1n) is 5.65. The van der Waals surface area contributed by atoms with Crippen molar-refractivity contribution in [2.45, 2.75) is 25.6 Å². The average molecular weight is 283 g/mol. The minimum Gasteiger partial charge on any atom is -0.393 e. The van der Waals surface area contributed by atoms with E-state index >= 15 is 0 Å². The van der Waals surface area contributed by atoms with E-state index in [1.807, 2.05) is 0 Å². The van der Waals surface area contributed by atoms with Gasteiger partial charge in [0.2, 0.25) is 5.91 Å². The summed E-state index contributed by atoms with van der Waals surface area (Å²) in [6.45, 7) is 2.12. The monoisotopic (exact) mass is 283 g/mol. The highest BCUT2D eigenvalue weighted by molar-refractivity contribution is 7.80. The first kappa shape index (κ1) is 15.2. The van der Waals surface area contributed by atoms with E-state index in [1.54, 1.807) is 6.92 Å². The van der Waals surface area contributed by atoms with E-state index < -0.39 is 23.1 Å². The van der Waals surface area contributed by atoms with Crippen molar-refractivity contribution in [3.63, 3.8) is 0 Å². The second-order valence-electron chi connectivity index (χ2n) is 4.21. The Bertz CT molecular complexity index is 335. The van der Waals surface area contributed by atoms with E-state index in [4.69, 9.17) is 5.73 Å². The van der Waals surface area contributed by atoms with Crippen molar-refractivity contribution in [1.82, 2.24) is 10.2 Å². The molecule has 8 heteroatoms. The number of nitrogens with one attached hydrogen (secondary N) is 1. The van der Waals surface area contributed by atoms with Crippen molar-refractivity contribution in [3.05, 3.63) is 0 Å². The maximum Gasteiger partial charge on any atom is 0.399 e. The summed E-state index contributed by atoms with van der Waals surface area (Å²) in [4.78, 5) is 12.5. The largest absolute Gasteiger partial charge is 0.399 e. The second-order valence-corrected chi connectivity index (χ2v) is 4.68. The average Bonchev–Trinajstić information content (AvgIpc) is 2.23. The summed E-state index contributed by atoms with van der Waals surface area (Å²) in [6, 6.07) is -0.544. The number of nitrogens with two attached hydrogens (primary N) is 1. The first-order valence-corrected chi connectivity index (χ1v) is 6.06. The van der Waals surface area contributed by atoms with Crippen LogP contribution >= 0.6 is 12.2 Å². The summed E-state index contributed by atoms with van der Waals surface area (Å²) in [5.74, 6) is -2.11. The van der Waals surface area contributed by atoms with Gasteiger partial charge in [-0.15, -0.1) is 0 Å². The lowest BCUT2D eigenvalue weighted by atomic mass is 10.0. The Morgan fingerprint density at radius 2 is 2.28 bits per heavy atom. The number of carbonyl (C=O) groups excluding carboxylic acids is 1. The molecule has 0 saturated carbocycles. The lowest BCUT2D eigenvalue weighted by Crippen LogP contribution is -2.57. The molecular weight excluding hydrogens is 267 g/mol. The number of amides is 1. The van der Waals surface area contributed by atoms with Crippen molar-refractivity contribution in [2.75, 3.05) is 19.6 Å². The molecule has 2 unspecified atom stereocenters. The van der Waals surface area contributed by atoms with Gasteiger partial charge in [-0.25, -0.2) is 0 Å². The molecule has 0 aromatic heterocycles. The summed E-state index contributed by atoms with van der Waals surface area (Å²) in [5.41, 5.74) is 5.15. The number of carbonyl (C=O) groups is 1. The van der Waals surface area contributed by atoms with Gasteiger partial charge in [-0.1, -0.05) is 19.1 Å². The molecule has 3 N–H and O–H groups in total. The van der Waals surface area contributed by atoms with Gasteiger partial charge in [0.15, 0.2) is 0 Å². The van der Waals surface area contributed by atoms with E-state index in [1.165, 1.54) is 4.90 Å². The molecule has 0 aromatic carbocycles. The number of alkyl halides is 3. The highest BCUT2D eigenvalue weighted by Gasteiger charge is 2.44. The van der Waals surface area contributed by atoms with Gasteiger partial charge < -0.3 is 11.1 Å². The van der Waals surface area contributed by atoms with Crippen LogP contribution in [-0.4, -0.2) is 47.6 Å². The van der Waals surface area contributed by atoms with Crippen LogP contribution in [-0.2, 0) is 4.79 Å². The van der Waals surface area contributed by atoms with E-state index in [9.17, 15) is 18.0 Å². The number of nitrogens with zero attached hydrogens (tertiary/aromatic N) is 1. The number of piperazine rings is 1. The molecule has 1 amide bonds. The van der Waals surface area contributed by atoms with E-state index in [0.29, 0.717) is 19.5 Å². The first-order chi connectivity index (χ1) is 8.27. The lowest BCUT2D eigenvalue weighted by molar-refractivity contribution is -0.163. The van der Waals surface area contributed by atoms with Gasteiger partial charge in [-0.3, -0.25) is 9.69 Å². The zero-order chi connectivity index (χ0) is 13.9. The summed E-state index contributed by atoms with van der Waals surface area (Å²) in [5, 5.41) is 2.63. The molecule has 1 fully saturated rings. The van der Waals surface area contributed by atoms with Gasteiger partial charge in [0.05, 0.1) is 11.0 Å². The van der Waals surface area contributed by atoms with Crippen LogP contribution in [0.3, 0.4) is 0 Å². The van der Waals surface area contributed by atoms with Gasteiger partial charge in [0, 0.05) is 19.6 Å². The molecule has 18 heavy (non-hydrogen) atoms. The van der Waals surface area contributed by atoms with Crippen molar-refractivity contribution in [3.8, 4) is 0 Å². The summed E-state index contributed by atoms with van der Waals surface area (Å²) in [7, 11) is 0. The van der Waals surface area contributed by atoms with Gasteiger partial charge >= 0.3 is 6.18 Å². The van der Waals surface area contributed by atoms with Gasteiger partial charge in [-0.05, 0) is 6.42 Å². The molecular formula is C10H16F3N3OS. The molecule has 2 atom stereocenters. The summed E-state index contributed by atoms with van der Waals surface area (Å²) >= 11 is 4.47. The third kappa shape index (κ3) is 3.55. The molecule has 104 valence electrons. The molecule has 1 aliphatic rings. The van der Waals surface area contributed by atoms with Crippen LogP contribution in [0, 0.1) is 5.92 Å². The fraction of sp³-hybridized carbons (Fsp3) is 0.800. The Labute approximate surface area is 109 Å². The Morgan fingerprint density at radius 1 is 1.67 bits per heavy atom. The standard InChI is InChI=1S/C10H16F3N3OS/c1-2-7-9(17)15-3-4-16(7)5-6(8(14)18)10(11,12)13/h6-7H,2-5H2,1H3,(H2,14,18)(H,15,17). The Hall–Kier alpha value is -0.890. The van der Waals surface area contributed by atoms with Crippen molar-refractivity contribution in [1.29, 1.82) is 0 Å². The third-order valence-corrected chi connectivity index (χ3v) is 3.27. The molecule has 4 nitrogen and oxygen atoms in total. The summed E-state index contributed by atoms with van der Waals surface area (Å²) < 4.78 is 38.3. The Balaban J connectivity index is 2.79. The van der Waals surface area contributed by atoms with E-state index in [0.717, 1.165) is 0 Å². The SMILES string of the molecule is CCC1C(=O)NCCN1CC(C(N)=S)C(F)(F)F. The van der Waals surface area contributed by atoms with Crippen LogP contribution in [0.15, 0.2) is 0 Å². The number of thiocarbonyl (C=S) groups is 1. The van der Waals surface area contributed by atoms with Crippen LogP contribution in [0.25, 0.3) is 0 Å². The smallest absolute Gasteiger partial charge is 0.393 e. The van der Waals surface area contributed by atoms with E-state index in [-0.39, 0.29) is 12.5 Å². The maximum atomic E-state index is 12.8. The molecule has 1 aliphatic heterocycles. The predicted octanol–water partition coefficient (Wildman–Crippen LogP) is 0.661. The number of hydrogen-bond acceptors (Lipinski definition) is 3. The topological polar surface area (TPSA) is 58.4 Å². The molecule has 0 spiro atoms. The molecule has 0 radical (unpaired) electrons. The van der Waals surface area contributed by atoms with Gasteiger partial charge in [0.25, 0.3) is 0 Å². The van der Waals surface area contributed by atoms with Gasteiger partial charge in [-0.2, -0.15) is 13.2 Å². The maximum absolute atomic E-state index is 12.8. The van der Waals surface area contributed by atoms with Crippen molar-refractivity contribution in [2.24, 2.45) is 11.7 Å². The Morgan fingerprint density at radius 3 is 2.72 bits per heavy atom. The molecule has 0 aliphatic carbocycles. The van der Waals surface area contributed by atoms with Crippen molar-refractivity contribution >= 4 is 23.1 Å². The highest BCUT2D eigenvalue weighted by atomic mass is 32.1. The molecule has 0 bridgehead atoms. The molecule has 1 rings (SSSR count). The number of halogens is 3. The highest BCUT2D eigenvalue weighted by Crippen LogP contribution is 2.28. The Kier molecular flexibility index (Phi) is 4.92. The molecule has 1 heterocycles. The quantitative estimate of drug-likeness (QED) is 0.744. The summed E-state index contributed by atoms with van der Waals surface area (Å²) in [6.07, 6.45) is -4.02. The second kappa shape index (κ2) is 5.83. The predicted molar refractivity (Wildman–Crippen MR) is 65.0 cm³/mol. The fourth-order valence-corrected chi connectivity index (χ4v) is 2.22.